The van der Waals surface area contributed by atoms with Crippen molar-refractivity contribution in [2.75, 3.05) is 39.1 Å². The van der Waals surface area contributed by atoms with E-state index in [1.54, 1.807) is 0 Å². The van der Waals surface area contributed by atoms with Crippen LogP contribution < -0.4 is 5.32 Å². The smallest absolute Gasteiger partial charge is 0.370 e. The fourth-order valence-corrected chi connectivity index (χ4v) is 2.90. The SMILES string of the molecule is CS(=O)(=O)N1CCC(C(=O)NCCOCC(F)(F)F)CC1. The third-order valence-corrected chi connectivity index (χ3v) is 4.41. The second kappa shape index (κ2) is 7.41. The number of piperidine rings is 1. The Morgan fingerprint density at radius 1 is 1.33 bits per heavy atom. The molecule has 0 aromatic rings. The van der Waals surface area contributed by atoms with E-state index in [9.17, 15) is 26.4 Å². The predicted octanol–water partition coefficient (Wildman–Crippen LogP) is 0.353. The lowest BCUT2D eigenvalue weighted by molar-refractivity contribution is -0.173. The van der Waals surface area contributed by atoms with Crippen molar-refractivity contribution in [1.29, 1.82) is 0 Å². The Morgan fingerprint density at radius 3 is 2.38 bits per heavy atom. The van der Waals surface area contributed by atoms with Crippen LogP contribution in [0.5, 0.6) is 0 Å². The largest absolute Gasteiger partial charge is 0.411 e. The van der Waals surface area contributed by atoms with Gasteiger partial charge in [0.15, 0.2) is 0 Å². The van der Waals surface area contributed by atoms with Crippen LogP contribution in [0.25, 0.3) is 0 Å². The van der Waals surface area contributed by atoms with E-state index in [1.807, 2.05) is 0 Å². The van der Waals surface area contributed by atoms with Crippen molar-refractivity contribution in [3.63, 3.8) is 0 Å². The van der Waals surface area contributed by atoms with Gasteiger partial charge in [0.2, 0.25) is 15.9 Å². The number of rotatable bonds is 6. The van der Waals surface area contributed by atoms with Gasteiger partial charge >= 0.3 is 6.18 Å². The van der Waals surface area contributed by atoms with Gasteiger partial charge in [-0.1, -0.05) is 0 Å². The number of alkyl halides is 3. The van der Waals surface area contributed by atoms with Crippen molar-refractivity contribution in [2.24, 2.45) is 5.92 Å². The summed E-state index contributed by atoms with van der Waals surface area (Å²) >= 11 is 0. The summed E-state index contributed by atoms with van der Waals surface area (Å²) in [6.45, 7) is -0.993. The lowest BCUT2D eigenvalue weighted by Gasteiger charge is -2.29. The molecule has 0 aromatic carbocycles. The number of hydrogen-bond acceptors (Lipinski definition) is 4. The highest BCUT2D eigenvalue weighted by Gasteiger charge is 2.29. The quantitative estimate of drug-likeness (QED) is 0.713. The van der Waals surface area contributed by atoms with Crippen LogP contribution in [0.1, 0.15) is 12.8 Å². The maximum absolute atomic E-state index is 11.8. The molecule has 1 fully saturated rings. The van der Waals surface area contributed by atoms with Gasteiger partial charge in [-0.15, -0.1) is 0 Å². The maximum Gasteiger partial charge on any atom is 0.411 e. The van der Waals surface area contributed by atoms with E-state index in [2.05, 4.69) is 10.1 Å². The van der Waals surface area contributed by atoms with Gasteiger partial charge in [0, 0.05) is 25.6 Å². The molecule has 1 saturated heterocycles. The third kappa shape index (κ3) is 7.09. The molecule has 0 spiro atoms. The molecule has 0 aromatic heterocycles. The fraction of sp³-hybridized carbons (Fsp3) is 0.909. The van der Waals surface area contributed by atoms with Crippen LogP contribution in [-0.4, -0.2) is 63.9 Å². The van der Waals surface area contributed by atoms with Crippen LogP contribution in [0.2, 0.25) is 0 Å². The van der Waals surface area contributed by atoms with Gasteiger partial charge in [0.05, 0.1) is 12.9 Å². The molecule has 0 aliphatic carbocycles. The molecule has 1 amide bonds. The second-order valence-electron chi connectivity index (χ2n) is 4.90. The van der Waals surface area contributed by atoms with Crippen molar-refractivity contribution in [3.05, 3.63) is 0 Å². The fourth-order valence-electron chi connectivity index (χ4n) is 2.03. The van der Waals surface area contributed by atoms with Crippen molar-refractivity contribution < 1.29 is 31.1 Å². The standard InChI is InChI=1S/C11H19F3N2O4S/c1-21(18,19)16-5-2-9(3-6-16)10(17)15-4-7-20-8-11(12,13)14/h9H,2-8H2,1H3,(H,15,17). The first-order valence-electron chi connectivity index (χ1n) is 6.47. The highest BCUT2D eigenvalue weighted by molar-refractivity contribution is 7.88. The second-order valence-corrected chi connectivity index (χ2v) is 6.88. The molecule has 21 heavy (non-hydrogen) atoms. The molecule has 1 N–H and O–H groups in total. The molecule has 0 radical (unpaired) electrons. The molecule has 10 heteroatoms. The molecule has 0 atom stereocenters. The summed E-state index contributed by atoms with van der Waals surface area (Å²) in [7, 11) is -3.24. The number of sulfonamides is 1. The number of nitrogens with zero attached hydrogens (tertiary/aromatic N) is 1. The zero-order valence-electron chi connectivity index (χ0n) is 11.6. The van der Waals surface area contributed by atoms with Crippen LogP contribution in [0.4, 0.5) is 13.2 Å². The monoisotopic (exact) mass is 332 g/mol. The Bertz CT molecular complexity index is 445. The van der Waals surface area contributed by atoms with E-state index in [1.165, 1.54) is 4.31 Å². The van der Waals surface area contributed by atoms with Crippen molar-refractivity contribution in [1.82, 2.24) is 9.62 Å². The molecular formula is C11H19F3N2O4S. The Hall–Kier alpha value is -0.870. The zero-order valence-corrected chi connectivity index (χ0v) is 12.5. The van der Waals surface area contributed by atoms with Gasteiger partial charge in [-0.25, -0.2) is 12.7 Å². The minimum Gasteiger partial charge on any atom is -0.370 e. The summed E-state index contributed by atoms with van der Waals surface area (Å²) in [6, 6.07) is 0. The molecule has 1 aliphatic rings. The zero-order chi connectivity index (χ0) is 16.1. The molecule has 124 valence electrons. The molecule has 1 rings (SSSR count). The summed E-state index contributed by atoms with van der Waals surface area (Å²) in [4.78, 5) is 11.8. The molecule has 1 aliphatic heterocycles. The van der Waals surface area contributed by atoms with E-state index in [4.69, 9.17) is 0 Å². The molecule has 6 nitrogen and oxygen atoms in total. The first kappa shape index (κ1) is 18.2. The van der Waals surface area contributed by atoms with Gasteiger partial charge in [-0.2, -0.15) is 13.2 Å². The molecule has 0 bridgehead atoms. The first-order chi connectivity index (χ1) is 9.59. The van der Waals surface area contributed by atoms with Gasteiger partial charge in [-0.05, 0) is 12.8 Å². The normalized spacial score (nSPS) is 18.7. The Kier molecular flexibility index (Phi) is 6.41. The molecule has 1 heterocycles. The van der Waals surface area contributed by atoms with Crippen molar-refractivity contribution >= 4 is 15.9 Å². The lowest BCUT2D eigenvalue weighted by Crippen LogP contribution is -2.43. The van der Waals surface area contributed by atoms with Gasteiger partial charge in [0.1, 0.15) is 6.61 Å². The van der Waals surface area contributed by atoms with E-state index < -0.39 is 22.8 Å². The average Bonchev–Trinajstić information content (AvgIpc) is 2.36. The minimum absolute atomic E-state index is 0.00119. The van der Waals surface area contributed by atoms with E-state index in [0.29, 0.717) is 12.8 Å². The van der Waals surface area contributed by atoms with Crippen LogP contribution >= 0.6 is 0 Å². The number of nitrogens with one attached hydrogen (secondary N) is 1. The van der Waals surface area contributed by atoms with Gasteiger partial charge in [0.25, 0.3) is 0 Å². The summed E-state index contributed by atoms with van der Waals surface area (Å²) in [6.07, 6.45) is -2.45. The number of halogens is 3. The van der Waals surface area contributed by atoms with Crippen LogP contribution in [0.15, 0.2) is 0 Å². The molecular weight excluding hydrogens is 313 g/mol. The van der Waals surface area contributed by atoms with Crippen LogP contribution in [0.3, 0.4) is 0 Å². The number of ether oxygens (including phenoxy) is 1. The Balaban J connectivity index is 2.20. The summed E-state index contributed by atoms with van der Waals surface area (Å²) in [5, 5.41) is 2.49. The minimum atomic E-state index is -4.37. The van der Waals surface area contributed by atoms with Crippen molar-refractivity contribution in [2.45, 2.75) is 19.0 Å². The molecule has 0 unspecified atom stereocenters. The molecule has 0 saturated carbocycles. The van der Waals surface area contributed by atoms with Crippen molar-refractivity contribution in [3.8, 4) is 0 Å². The van der Waals surface area contributed by atoms with Crippen LogP contribution in [0, 0.1) is 5.92 Å². The van der Waals surface area contributed by atoms with E-state index >= 15 is 0 Å². The first-order valence-corrected chi connectivity index (χ1v) is 8.32. The van der Waals surface area contributed by atoms with E-state index in [0.717, 1.165) is 6.26 Å². The Labute approximate surface area is 121 Å². The number of amides is 1. The maximum atomic E-state index is 11.8. The number of carbonyl (C=O) groups excluding carboxylic acids is 1. The Morgan fingerprint density at radius 2 is 1.90 bits per heavy atom. The average molecular weight is 332 g/mol. The van der Waals surface area contributed by atoms with E-state index in [-0.39, 0.29) is 38.1 Å². The summed E-state index contributed by atoms with van der Waals surface area (Å²) < 4.78 is 63.7. The predicted molar refractivity (Wildman–Crippen MR) is 69.0 cm³/mol. The van der Waals surface area contributed by atoms with Gasteiger partial charge in [-0.3, -0.25) is 4.79 Å². The number of hydrogen-bond donors (Lipinski definition) is 1. The summed E-state index contributed by atoms with van der Waals surface area (Å²) in [5.74, 6) is -0.593. The topological polar surface area (TPSA) is 75.7 Å². The highest BCUT2D eigenvalue weighted by Crippen LogP contribution is 2.19. The summed E-state index contributed by atoms with van der Waals surface area (Å²) in [5.41, 5.74) is 0. The highest BCUT2D eigenvalue weighted by atomic mass is 32.2. The number of carbonyl (C=O) groups is 1. The lowest BCUT2D eigenvalue weighted by atomic mass is 9.97. The van der Waals surface area contributed by atoms with Crippen LogP contribution in [-0.2, 0) is 19.6 Å². The third-order valence-electron chi connectivity index (χ3n) is 3.11. The van der Waals surface area contributed by atoms with Gasteiger partial charge < -0.3 is 10.1 Å².